The van der Waals surface area contributed by atoms with Gasteiger partial charge in [-0.05, 0) is 49.2 Å². The summed E-state index contributed by atoms with van der Waals surface area (Å²) in [6.45, 7) is 2.38. The molecule has 2 aromatic carbocycles. The van der Waals surface area contributed by atoms with Crippen molar-refractivity contribution in [1.82, 2.24) is 30.0 Å². The third kappa shape index (κ3) is 7.23. The number of carboxylic acid groups (broad SMARTS) is 1. The van der Waals surface area contributed by atoms with E-state index in [0.29, 0.717) is 47.1 Å². The Morgan fingerprint density at radius 3 is 2.58 bits per heavy atom. The van der Waals surface area contributed by atoms with Gasteiger partial charge in [-0.3, -0.25) is 9.59 Å². The highest BCUT2D eigenvalue weighted by Gasteiger charge is 2.29. The number of thioether (sulfide) groups is 1. The van der Waals surface area contributed by atoms with Crippen molar-refractivity contribution in [1.29, 1.82) is 0 Å². The first kappa shape index (κ1) is 29.8. The van der Waals surface area contributed by atoms with Gasteiger partial charge < -0.3 is 25.8 Å². The van der Waals surface area contributed by atoms with E-state index in [9.17, 15) is 19.5 Å². The van der Waals surface area contributed by atoms with E-state index in [4.69, 9.17) is 15.6 Å². The van der Waals surface area contributed by atoms with E-state index in [0.717, 1.165) is 24.2 Å². The fourth-order valence-corrected chi connectivity index (χ4v) is 6.02. The number of aliphatic carboxylic acids is 1. The smallest absolute Gasteiger partial charge is 0.327 e. The van der Waals surface area contributed by atoms with Crippen molar-refractivity contribution in [2.75, 3.05) is 30.3 Å². The van der Waals surface area contributed by atoms with Crippen LogP contribution in [0.15, 0.2) is 60.9 Å². The monoisotopic (exact) mass is 603 g/mol. The first-order valence-electron chi connectivity index (χ1n) is 14.0. The number of nitrogens with one attached hydrogen (secondary N) is 1. The summed E-state index contributed by atoms with van der Waals surface area (Å²) < 4.78 is 7.79. The molecule has 4 N–H and O–H groups in total. The predicted octanol–water partition coefficient (Wildman–Crippen LogP) is 3.74. The maximum absolute atomic E-state index is 13.1. The van der Waals surface area contributed by atoms with Gasteiger partial charge in [-0.2, -0.15) is 16.9 Å². The molecule has 224 valence electrons. The summed E-state index contributed by atoms with van der Waals surface area (Å²) in [5, 5.41) is 17.3. The minimum atomic E-state index is -1.10. The summed E-state index contributed by atoms with van der Waals surface area (Å²) in [6, 6.07) is 16.0. The van der Waals surface area contributed by atoms with Crippen LogP contribution in [0.4, 0.5) is 5.82 Å². The number of hydrogen-bond acceptors (Lipinski definition) is 9. The quantitative estimate of drug-likeness (QED) is 0.215. The lowest BCUT2D eigenvalue weighted by Gasteiger charge is -2.33. The second-order valence-electron chi connectivity index (χ2n) is 10.2. The second-order valence-corrected chi connectivity index (χ2v) is 11.4. The topological polar surface area (TPSA) is 166 Å². The largest absolute Gasteiger partial charge is 0.480 e. The molecule has 1 fully saturated rings. The molecule has 3 heterocycles. The number of carbonyl (C=O) groups excluding carboxylic acids is 2. The zero-order valence-electron chi connectivity index (χ0n) is 23.7. The summed E-state index contributed by atoms with van der Waals surface area (Å²) in [5.41, 5.74) is 8.43. The van der Waals surface area contributed by atoms with E-state index in [1.165, 1.54) is 25.0 Å². The van der Waals surface area contributed by atoms with Crippen LogP contribution < -0.4 is 15.8 Å². The molecule has 0 aliphatic carbocycles. The Morgan fingerprint density at radius 1 is 1.12 bits per heavy atom. The third-order valence-corrected chi connectivity index (χ3v) is 8.20. The molecule has 2 aromatic heterocycles. The number of benzene rings is 2. The highest BCUT2D eigenvalue weighted by molar-refractivity contribution is 7.99. The van der Waals surface area contributed by atoms with Gasteiger partial charge in [0.1, 0.15) is 35.4 Å². The van der Waals surface area contributed by atoms with Gasteiger partial charge in [0.2, 0.25) is 11.8 Å². The number of carbonyl (C=O) groups is 3. The molecule has 4 aromatic rings. The molecular weight excluding hydrogens is 570 g/mol. The van der Waals surface area contributed by atoms with Crippen molar-refractivity contribution in [2.24, 2.45) is 0 Å². The lowest BCUT2D eigenvalue weighted by atomic mass is 10.1. The van der Waals surface area contributed by atoms with E-state index in [2.05, 4.69) is 15.3 Å². The van der Waals surface area contributed by atoms with Crippen LogP contribution in [0.25, 0.3) is 22.3 Å². The molecular formula is C30H33N7O5S. The van der Waals surface area contributed by atoms with Crippen molar-refractivity contribution in [3.63, 3.8) is 0 Å². The molecule has 43 heavy (non-hydrogen) atoms. The van der Waals surface area contributed by atoms with Gasteiger partial charge in [-0.15, -0.1) is 0 Å². The van der Waals surface area contributed by atoms with Crippen molar-refractivity contribution in [2.45, 2.75) is 38.3 Å². The molecule has 0 saturated carbocycles. The van der Waals surface area contributed by atoms with Crippen LogP contribution in [-0.4, -0.2) is 78.2 Å². The number of ether oxygens (including phenoxy) is 1. The van der Waals surface area contributed by atoms with Gasteiger partial charge in [0.15, 0.2) is 5.65 Å². The Balaban J connectivity index is 1.28. The molecule has 0 spiro atoms. The molecule has 1 saturated heterocycles. The Labute approximate surface area is 252 Å². The highest BCUT2D eigenvalue weighted by Crippen LogP contribution is 2.35. The summed E-state index contributed by atoms with van der Waals surface area (Å²) in [5.74, 6) is 0.889. The maximum Gasteiger partial charge on any atom is 0.327 e. The molecule has 13 heteroatoms. The minimum absolute atomic E-state index is 0.0107. The SMILES string of the molecule is CC(=O)N[C@@H](CSCCC(=O)N1CCC[C@@H](n2nc(-c3ccc(Oc4ccccc4)cc3)c3c(N)ncnc32)C1)C(=O)O. The Morgan fingerprint density at radius 2 is 1.86 bits per heavy atom. The molecule has 0 bridgehead atoms. The highest BCUT2D eigenvalue weighted by atomic mass is 32.2. The Bertz CT molecular complexity index is 1600. The minimum Gasteiger partial charge on any atom is -0.480 e. The van der Waals surface area contributed by atoms with Crippen LogP contribution in [0.1, 0.15) is 32.2 Å². The average molecular weight is 604 g/mol. The number of amides is 2. The number of hydrogen-bond donors (Lipinski definition) is 3. The number of likely N-dealkylation sites (tertiary alicyclic amines) is 1. The van der Waals surface area contributed by atoms with Crippen molar-refractivity contribution in [3.05, 3.63) is 60.9 Å². The van der Waals surface area contributed by atoms with E-state index >= 15 is 0 Å². The summed E-state index contributed by atoms with van der Waals surface area (Å²) >= 11 is 1.33. The van der Waals surface area contributed by atoms with Gasteiger partial charge in [0, 0.05) is 43.5 Å². The maximum atomic E-state index is 13.1. The number of nitrogens with zero attached hydrogens (tertiary/aromatic N) is 5. The van der Waals surface area contributed by atoms with Gasteiger partial charge >= 0.3 is 5.97 Å². The molecule has 1 aliphatic rings. The number of aromatic nitrogens is 4. The second kappa shape index (κ2) is 13.6. The lowest BCUT2D eigenvalue weighted by molar-refractivity contribution is -0.140. The van der Waals surface area contributed by atoms with E-state index < -0.39 is 17.9 Å². The normalized spacial score (nSPS) is 15.7. The predicted molar refractivity (Wildman–Crippen MR) is 164 cm³/mol. The molecule has 0 radical (unpaired) electrons. The third-order valence-electron chi connectivity index (χ3n) is 7.14. The number of fused-ring (bicyclic) bond motifs is 1. The van der Waals surface area contributed by atoms with Crippen LogP contribution >= 0.6 is 11.8 Å². The van der Waals surface area contributed by atoms with Crippen molar-refractivity contribution >= 4 is 46.4 Å². The molecule has 2 atom stereocenters. The van der Waals surface area contributed by atoms with Crippen molar-refractivity contribution in [3.8, 4) is 22.8 Å². The standard InChI is InChI=1S/C30H33N7O5S/c1-19(38)34-24(30(40)41)17-43-15-13-25(39)36-14-5-6-21(16-36)37-29-26(28(31)32-18-33-29)27(35-37)20-9-11-23(12-10-20)42-22-7-3-2-4-8-22/h2-4,7-12,18,21,24H,5-6,13-17H2,1H3,(H,34,38)(H,40,41)(H2,31,32,33)/t21-,24+/m1/s1. The number of piperidine rings is 1. The zero-order valence-corrected chi connectivity index (χ0v) is 24.5. The summed E-state index contributed by atoms with van der Waals surface area (Å²) in [6.07, 6.45) is 3.31. The first-order chi connectivity index (χ1) is 20.8. The van der Waals surface area contributed by atoms with Gasteiger partial charge in [0.05, 0.1) is 11.4 Å². The Kier molecular flexibility index (Phi) is 9.40. The van der Waals surface area contributed by atoms with Gasteiger partial charge in [-0.1, -0.05) is 18.2 Å². The van der Waals surface area contributed by atoms with Gasteiger partial charge in [0.25, 0.3) is 0 Å². The van der Waals surface area contributed by atoms with Crippen LogP contribution in [0, 0.1) is 0 Å². The lowest BCUT2D eigenvalue weighted by Crippen LogP contribution is -2.42. The molecule has 5 rings (SSSR count). The van der Waals surface area contributed by atoms with Crippen molar-refractivity contribution < 1.29 is 24.2 Å². The van der Waals surface area contributed by atoms with E-state index in [1.807, 2.05) is 64.2 Å². The number of para-hydroxylation sites is 1. The average Bonchev–Trinajstić information content (AvgIpc) is 3.40. The molecule has 1 aliphatic heterocycles. The fraction of sp³-hybridized carbons (Fsp3) is 0.333. The van der Waals surface area contributed by atoms with Crippen LogP contribution in [0.3, 0.4) is 0 Å². The first-order valence-corrected chi connectivity index (χ1v) is 15.1. The number of nitrogen functional groups attached to an aromatic ring is 1. The van der Waals surface area contributed by atoms with E-state index in [-0.39, 0.29) is 24.1 Å². The van der Waals surface area contributed by atoms with Crippen LogP contribution in [-0.2, 0) is 14.4 Å². The number of nitrogens with two attached hydrogens (primary N) is 1. The van der Waals surface area contributed by atoms with Gasteiger partial charge in [-0.25, -0.2) is 19.4 Å². The molecule has 12 nitrogen and oxygen atoms in total. The van der Waals surface area contributed by atoms with Crippen LogP contribution in [0.2, 0.25) is 0 Å². The number of anilines is 1. The summed E-state index contributed by atoms with van der Waals surface area (Å²) in [7, 11) is 0. The number of rotatable bonds is 11. The molecule has 0 unspecified atom stereocenters. The zero-order chi connectivity index (χ0) is 30.3. The fourth-order valence-electron chi connectivity index (χ4n) is 5.08. The Hall–Kier alpha value is -4.65. The molecule has 2 amide bonds. The van der Waals surface area contributed by atoms with Crippen LogP contribution in [0.5, 0.6) is 11.5 Å². The summed E-state index contributed by atoms with van der Waals surface area (Å²) in [4.78, 5) is 46.2. The number of carboxylic acids is 1. The van der Waals surface area contributed by atoms with E-state index in [1.54, 1.807) is 0 Å².